The van der Waals surface area contributed by atoms with Crippen LogP contribution in [-0.2, 0) is 4.79 Å². The van der Waals surface area contributed by atoms with Crippen LogP contribution in [0.25, 0.3) is 0 Å². The van der Waals surface area contributed by atoms with E-state index in [0.717, 1.165) is 13.0 Å². The molecule has 1 N–H and O–H groups in total. The highest BCUT2D eigenvalue weighted by Gasteiger charge is 2.28. The third-order valence-corrected chi connectivity index (χ3v) is 3.01. The minimum absolute atomic E-state index is 0. The van der Waals surface area contributed by atoms with E-state index >= 15 is 0 Å². The summed E-state index contributed by atoms with van der Waals surface area (Å²) in [6.07, 6.45) is 0.867. The molecule has 2 unspecified atom stereocenters. The van der Waals surface area contributed by atoms with Gasteiger partial charge in [-0.3, -0.25) is 4.79 Å². The van der Waals surface area contributed by atoms with Gasteiger partial charge >= 0.3 is 0 Å². The molecule has 0 spiro atoms. The van der Waals surface area contributed by atoms with E-state index in [4.69, 9.17) is 0 Å². The number of halogens is 1. The normalized spacial score (nSPS) is 24.6. The predicted molar refractivity (Wildman–Crippen MR) is 66.8 cm³/mol. The van der Waals surface area contributed by atoms with Crippen LogP contribution in [0.5, 0.6) is 0 Å². The number of rotatable bonds is 2. The van der Waals surface area contributed by atoms with Gasteiger partial charge in [0.05, 0.1) is 6.04 Å². The van der Waals surface area contributed by atoms with Gasteiger partial charge in [-0.1, -0.05) is 30.3 Å². The fourth-order valence-corrected chi connectivity index (χ4v) is 2.10. The summed E-state index contributed by atoms with van der Waals surface area (Å²) in [6, 6.07) is 10.2. The Morgan fingerprint density at radius 2 is 2.00 bits per heavy atom. The molecule has 1 fully saturated rings. The highest BCUT2D eigenvalue weighted by Crippen LogP contribution is 2.25. The second-order valence-electron chi connectivity index (χ2n) is 3.64. The van der Waals surface area contributed by atoms with Crippen LogP contribution in [0.1, 0.15) is 17.9 Å². The van der Waals surface area contributed by atoms with Gasteiger partial charge in [-0.25, -0.2) is 0 Å². The second kappa shape index (κ2) is 5.54. The molecular weight excluding hydrogens is 230 g/mol. The van der Waals surface area contributed by atoms with Crippen LogP contribution >= 0.6 is 25.0 Å². The predicted octanol–water partition coefficient (Wildman–Crippen LogP) is 2.01. The molecule has 0 aliphatic carbocycles. The number of benzene rings is 1. The van der Waals surface area contributed by atoms with Crippen molar-refractivity contribution in [3.05, 3.63) is 35.9 Å². The molecule has 2 rings (SSSR count). The summed E-state index contributed by atoms with van der Waals surface area (Å²) in [7, 11) is 0. The molecular formula is C11H14ClNOS. The number of thiol groups is 1. The SMILES string of the molecule is Cl.O=C(S)C1CC(c2ccccc2)CN1. The molecule has 1 heterocycles. The first kappa shape index (κ1) is 12.6. The molecule has 15 heavy (non-hydrogen) atoms. The van der Waals surface area contributed by atoms with Crippen LogP contribution in [0.15, 0.2) is 30.3 Å². The van der Waals surface area contributed by atoms with Crippen molar-refractivity contribution < 1.29 is 4.79 Å². The minimum atomic E-state index is -0.0662. The Morgan fingerprint density at radius 3 is 2.53 bits per heavy atom. The monoisotopic (exact) mass is 243 g/mol. The molecule has 1 saturated heterocycles. The van der Waals surface area contributed by atoms with Crippen molar-refractivity contribution in [1.29, 1.82) is 0 Å². The molecule has 0 radical (unpaired) electrons. The second-order valence-corrected chi connectivity index (χ2v) is 4.08. The van der Waals surface area contributed by atoms with E-state index in [1.807, 2.05) is 18.2 Å². The number of hydrogen-bond acceptors (Lipinski definition) is 2. The quantitative estimate of drug-likeness (QED) is 0.779. The zero-order valence-electron chi connectivity index (χ0n) is 8.22. The van der Waals surface area contributed by atoms with Gasteiger partial charge in [-0.15, -0.1) is 25.0 Å². The number of carbonyl (C=O) groups excluding carboxylic acids is 1. The topological polar surface area (TPSA) is 29.1 Å². The molecule has 1 aliphatic rings. The van der Waals surface area contributed by atoms with E-state index in [0.29, 0.717) is 5.92 Å². The Balaban J connectivity index is 0.00000112. The first-order valence-electron chi connectivity index (χ1n) is 4.78. The zero-order chi connectivity index (χ0) is 9.97. The summed E-state index contributed by atoms with van der Waals surface area (Å²) in [5, 5.41) is 3.13. The maximum atomic E-state index is 11.0. The highest BCUT2D eigenvalue weighted by atomic mass is 35.5. The van der Waals surface area contributed by atoms with Gasteiger partial charge in [-0.2, -0.15) is 0 Å². The van der Waals surface area contributed by atoms with Gasteiger partial charge in [0.15, 0.2) is 0 Å². The van der Waals surface area contributed by atoms with E-state index in [1.165, 1.54) is 5.56 Å². The lowest BCUT2D eigenvalue weighted by atomic mass is 9.97. The van der Waals surface area contributed by atoms with Crippen molar-refractivity contribution in [3.8, 4) is 0 Å². The van der Waals surface area contributed by atoms with Crippen LogP contribution in [-0.4, -0.2) is 17.7 Å². The third kappa shape index (κ3) is 2.97. The van der Waals surface area contributed by atoms with E-state index < -0.39 is 0 Å². The molecule has 1 aromatic carbocycles. The van der Waals surface area contributed by atoms with Crippen LogP contribution in [0.3, 0.4) is 0 Å². The lowest BCUT2D eigenvalue weighted by Crippen LogP contribution is -2.26. The fraction of sp³-hybridized carbons (Fsp3) is 0.364. The van der Waals surface area contributed by atoms with Gasteiger partial charge in [-0.05, 0) is 17.9 Å². The molecule has 2 atom stereocenters. The fourth-order valence-electron chi connectivity index (χ4n) is 1.90. The highest BCUT2D eigenvalue weighted by molar-refractivity contribution is 7.96. The summed E-state index contributed by atoms with van der Waals surface area (Å²) in [5.74, 6) is 0.456. The largest absolute Gasteiger partial charge is 0.306 e. The van der Waals surface area contributed by atoms with Crippen LogP contribution in [0.4, 0.5) is 0 Å². The molecule has 4 heteroatoms. The molecule has 0 bridgehead atoms. The number of carbonyl (C=O) groups is 1. The molecule has 1 aliphatic heterocycles. The number of nitrogens with one attached hydrogen (secondary N) is 1. The standard InChI is InChI=1S/C11H13NOS.ClH/c13-11(14)10-6-9(7-12-10)8-4-2-1-3-5-8;/h1-5,9-10,12H,6-7H2,(H,13,14);1H. The lowest BCUT2D eigenvalue weighted by Gasteiger charge is -2.07. The van der Waals surface area contributed by atoms with Crippen molar-refractivity contribution in [3.63, 3.8) is 0 Å². The van der Waals surface area contributed by atoms with Gasteiger partial charge in [0.1, 0.15) is 0 Å². The van der Waals surface area contributed by atoms with E-state index in [-0.39, 0.29) is 23.6 Å². The lowest BCUT2D eigenvalue weighted by molar-refractivity contribution is -0.112. The Bertz CT molecular complexity index is 331. The van der Waals surface area contributed by atoms with Crippen molar-refractivity contribution in [2.75, 3.05) is 6.54 Å². The van der Waals surface area contributed by atoms with Gasteiger partial charge < -0.3 is 5.32 Å². The molecule has 82 valence electrons. The summed E-state index contributed by atoms with van der Waals surface area (Å²) in [5.41, 5.74) is 1.30. The smallest absolute Gasteiger partial charge is 0.202 e. The molecule has 1 aromatic rings. The van der Waals surface area contributed by atoms with Crippen molar-refractivity contribution in [2.45, 2.75) is 18.4 Å². The average Bonchev–Trinajstić information content (AvgIpc) is 2.68. The van der Waals surface area contributed by atoms with Crippen molar-refractivity contribution in [2.24, 2.45) is 0 Å². The summed E-state index contributed by atoms with van der Waals surface area (Å²) >= 11 is 3.84. The van der Waals surface area contributed by atoms with E-state index in [1.54, 1.807) is 0 Å². The summed E-state index contributed by atoms with van der Waals surface area (Å²) in [4.78, 5) is 11.0. The number of hydrogen-bond donors (Lipinski definition) is 2. The third-order valence-electron chi connectivity index (χ3n) is 2.70. The molecule has 0 aromatic heterocycles. The van der Waals surface area contributed by atoms with Gasteiger partial charge in [0, 0.05) is 6.54 Å². The van der Waals surface area contributed by atoms with Gasteiger partial charge in [0.2, 0.25) is 5.12 Å². The zero-order valence-corrected chi connectivity index (χ0v) is 9.93. The Morgan fingerprint density at radius 1 is 1.33 bits per heavy atom. The maximum absolute atomic E-state index is 11.0. The van der Waals surface area contributed by atoms with E-state index in [2.05, 4.69) is 30.1 Å². The van der Waals surface area contributed by atoms with Crippen molar-refractivity contribution >= 4 is 30.2 Å². The van der Waals surface area contributed by atoms with Crippen LogP contribution in [0.2, 0.25) is 0 Å². The maximum Gasteiger partial charge on any atom is 0.202 e. The first-order chi connectivity index (χ1) is 6.77. The Labute approximate surface area is 101 Å². The summed E-state index contributed by atoms with van der Waals surface area (Å²) < 4.78 is 0. The van der Waals surface area contributed by atoms with Crippen LogP contribution in [0, 0.1) is 0 Å². The van der Waals surface area contributed by atoms with Crippen LogP contribution < -0.4 is 5.32 Å². The average molecular weight is 244 g/mol. The van der Waals surface area contributed by atoms with Crippen molar-refractivity contribution in [1.82, 2.24) is 5.32 Å². The summed E-state index contributed by atoms with van der Waals surface area (Å²) in [6.45, 7) is 0.876. The Kier molecular flexibility index (Phi) is 4.64. The first-order valence-corrected chi connectivity index (χ1v) is 5.23. The van der Waals surface area contributed by atoms with Gasteiger partial charge in [0.25, 0.3) is 0 Å². The minimum Gasteiger partial charge on any atom is -0.306 e. The molecule has 2 nitrogen and oxygen atoms in total. The Hall–Kier alpha value is -0.510. The molecule has 0 saturated carbocycles. The van der Waals surface area contributed by atoms with E-state index in [9.17, 15) is 4.79 Å². The molecule has 0 amide bonds.